The summed E-state index contributed by atoms with van der Waals surface area (Å²) in [6, 6.07) is 8.50. The quantitative estimate of drug-likeness (QED) is 0.625. The molecule has 30 heavy (non-hydrogen) atoms. The Hall–Kier alpha value is -3.28. The molecule has 158 valence electrons. The maximum atomic E-state index is 13.7. The summed E-state index contributed by atoms with van der Waals surface area (Å²) in [4.78, 5) is 36.9. The van der Waals surface area contributed by atoms with Gasteiger partial charge in [-0.05, 0) is 6.07 Å². The molecule has 0 bridgehead atoms. The largest absolute Gasteiger partial charge is 0.527 e. The van der Waals surface area contributed by atoms with E-state index in [9.17, 15) is 45.1 Å². The number of ketones is 2. The predicted octanol–water partition coefficient (Wildman–Crippen LogP) is 4.17. The van der Waals surface area contributed by atoms with Gasteiger partial charge in [0.2, 0.25) is 0 Å². The van der Waals surface area contributed by atoms with Crippen LogP contribution in [0.3, 0.4) is 0 Å². The Kier molecular flexibility index (Phi) is 4.93. The van der Waals surface area contributed by atoms with Crippen molar-refractivity contribution in [2.24, 2.45) is 0 Å². The van der Waals surface area contributed by atoms with Gasteiger partial charge >= 0.3 is 24.3 Å². The number of anilines is 1. The van der Waals surface area contributed by atoms with Crippen molar-refractivity contribution >= 4 is 23.2 Å². The summed E-state index contributed by atoms with van der Waals surface area (Å²) in [5.41, 5.74) is -1.76. The number of rotatable bonds is 4. The Balaban J connectivity index is 1.99. The predicted molar refractivity (Wildman–Crippen MR) is 85.4 cm³/mol. The zero-order chi connectivity index (χ0) is 22.5. The van der Waals surface area contributed by atoms with Gasteiger partial charge in [-0.1, -0.05) is 36.4 Å². The number of halogens is 7. The molecule has 2 aromatic carbocycles. The van der Waals surface area contributed by atoms with Gasteiger partial charge in [0.05, 0.1) is 11.3 Å². The molecule has 1 aliphatic carbocycles. The van der Waals surface area contributed by atoms with Crippen LogP contribution in [-0.4, -0.2) is 35.9 Å². The Morgan fingerprint density at radius 2 is 1.30 bits per heavy atom. The molecule has 3 rings (SSSR count). The highest BCUT2D eigenvalue weighted by molar-refractivity contribution is 6.30. The number of hydrogen-bond acceptors (Lipinski definition) is 4. The van der Waals surface area contributed by atoms with Crippen LogP contribution in [0.25, 0.3) is 0 Å². The van der Waals surface area contributed by atoms with Crippen LogP contribution in [-0.2, 0) is 9.53 Å². The summed E-state index contributed by atoms with van der Waals surface area (Å²) in [5, 5.41) is 1.29. The van der Waals surface area contributed by atoms with Gasteiger partial charge in [-0.2, -0.15) is 17.6 Å². The highest BCUT2D eigenvalue weighted by Crippen LogP contribution is 2.41. The van der Waals surface area contributed by atoms with Gasteiger partial charge in [-0.3, -0.25) is 14.4 Å². The molecule has 0 unspecified atom stereocenters. The molecule has 1 N–H and O–H groups in total. The second-order valence-electron chi connectivity index (χ2n) is 6.03. The Morgan fingerprint density at radius 1 is 0.767 bits per heavy atom. The highest BCUT2D eigenvalue weighted by atomic mass is 19.4. The topological polar surface area (TPSA) is 72.5 Å². The second-order valence-corrected chi connectivity index (χ2v) is 6.03. The molecule has 0 fully saturated rings. The number of carbonyl (C=O) groups excluding carboxylic acids is 3. The minimum Gasteiger partial charge on any atom is -0.320 e. The maximum Gasteiger partial charge on any atom is 0.527 e. The van der Waals surface area contributed by atoms with Crippen molar-refractivity contribution in [3.63, 3.8) is 0 Å². The van der Waals surface area contributed by atoms with E-state index in [0.717, 1.165) is 18.2 Å². The average molecular weight is 435 g/mol. The van der Waals surface area contributed by atoms with Crippen LogP contribution >= 0.6 is 0 Å². The molecule has 0 aromatic heterocycles. The average Bonchev–Trinajstić information content (AvgIpc) is 2.64. The number of benzene rings is 2. The van der Waals surface area contributed by atoms with Crippen molar-refractivity contribution in [1.82, 2.24) is 0 Å². The number of carbonyl (C=O) groups is 3. The summed E-state index contributed by atoms with van der Waals surface area (Å²) in [6.07, 6.45) is -12.4. The SMILES string of the molecule is O=C1c2ccccc2C(=O)c2c(NC(=O)C(F)(F)C(F)(F)OC(F)(F)F)cccc21. The van der Waals surface area contributed by atoms with E-state index in [0.29, 0.717) is 0 Å². The molecule has 0 saturated carbocycles. The van der Waals surface area contributed by atoms with Crippen molar-refractivity contribution in [3.8, 4) is 0 Å². The first-order chi connectivity index (χ1) is 13.8. The Bertz CT molecular complexity index is 1060. The number of fused-ring (bicyclic) bond motifs is 2. The maximum absolute atomic E-state index is 13.7. The number of hydrogen-bond donors (Lipinski definition) is 1. The first-order valence-corrected chi connectivity index (χ1v) is 7.91. The Morgan fingerprint density at radius 3 is 1.87 bits per heavy atom. The van der Waals surface area contributed by atoms with E-state index in [-0.39, 0.29) is 16.7 Å². The molecule has 1 aliphatic rings. The lowest BCUT2D eigenvalue weighted by Crippen LogP contribution is -2.53. The fourth-order valence-corrected chi connectivity index (χ4v) is 2.79. The number of amides is 1. The standard InChI is InChI=1S/C18H8F7NO4/c19-16(20,17(21,22)30-18(23,24)25)15(29)26-11-7-3-6-10-12(11)14(28)9-5-2-1-4-8(9)13(10)27/h1-7H,(H,26,29). The molecule has 1 amide bonds. The number of alkyl halides is 7. The van der Waals surface area contributed by atoms with E-state index < -0.39 is 47.1 Å². The summed E-state index contributed by atoms with van der Waals surface area (Å²) in [6.45, 7) is 0. The lowest BCUT2D eigenvalue weighted by atomic mass is 9.83. The van der Waals surface area contributed by atoms with Gasteiger partial charge in [0.1, 0.15) is 0 Å². The fraction of sp³-hybridized carbons (Fsp3) is 0.167. The lowest BCUT2D eigenvalue weighted by Gasteiger charge is -2.26. The zero-order valence-corrected chi connectivity index (χ0v) is 14.3. The zero-order valence-electron chi connectivity index (χ0n) is 14.3. The first kappa shape index (κ1) is 21.4. The van der Waals surface area contributed by atoms with Gasteiger partial charge < -0.3 is 5.32 Å². The van der Waals surface area contributed by atoms with Crippen molar-refractivity contribution in [3.05, 3.63) is 64.7 Å². The van der Waals surface area contributed by atoms with Gasteiger partial charge in [0, 0.05) is 16.7 Å². The third-order valence-electron chi connectivity index (χ3n) is 4.10. The molecular weight excluding hydrogens is 427 g/mol. The third-order valence-corrected chi connectivity index (χ3v) is 4.10. The van der Waals surface area contributed by atoms with Crippen molar-refractivity contribution < 1.29 is 49.9 Å². The molecule has 12 heteroatoms. The van der Waals surface area contributed by atoms with E-state index in [2.05, 4.69) is 4.74 Å². The van der Waals surface area contributed by atoms with Crippen LogP contribution in [0.2, 0.25) is 0 Å². The van der Waals surface area contributed by atoms with Gasteiger partial charge in [0.15, 0.2) is 11.6 Å². The van der Waals surface area contributed by atoms with Crippen LogP contribution in [0.4, 0.5) is 36.4 Å². The van der Waals surface area contributed by atoms with Crippen LogP contribution in [0.1, 0.15) is 31.8 Å². The molecule has 0 atom stereocenters. The second kappa shape index (κ2) is 6.90. The minimum atomic E-state index is -6.24. The summed E-state index contributed by atoms with van der Waals surface area (Å²) in [5.74, 6) is -10.4. The normalized spacial score (nSPS) is 14.2. The van der Waals surface area contributed by atoms with E-state index in [1.54, 1.807) is 0 Å². The van der Waals surface area contributed by atoms with E-state index >= 15 is 0 Å². The fourth-order valence-electron chi connectivity index (χ4n) is 2.79. The molecule has 5 nitrogen and oxygen atoms in total. The highest BCUT2D eigenvalue weighted by Gasteiger charge is 2.67. The van der Waals surface area contributed by atoms with Gasteiger partial charge in [-0.25, -0.2) is 4.74 Å². The summed E-state index contributed by atoms with van der Waals surface area (Å²) < 4.78 is 92.0. The van der Waals surface area contributed by atoms with Gasteiger partial charge in [-0.15, -0.1) is 13.2 Å². The smallest absolute Gasteiger partial charge is 0.320 e. The first-order valence-electron chi connectivity index (χ1n) is 7.91. The van der Waals surface area contributed by atoms with Crippen LogP contribution in [0, 0.1) is 0 Å². The summed E-state index contributed by atoms with van der Waals surface area (Å²) >= 11 is 0. The van der Waals surface area contributed by atoms with E-state index in [1.165, 1.54) is 29.6 Å². The molecule has 0 radical (unpaired) electrons. The van der Waals surface area contributed by atoms with E-state index in [1.807, 2.05) is 0 Å². The number of nitrogens with one attached hydrogen (secondary N) is 1. The third kappa shape index (κ3) is 3.54. The molecular formula is C18H8F7NO4. The van der Waals surface area contributed by atoms with Crippen LogP contribution in [0.15, 0.2) is 42.5 Å². The molecule has 0 heterocycles. The number of ether oxygens (including phenoxy) is 1. The van der Waals surface area contributed by atoms with E-state index in [4.69, 9.17) is 0 Å². The van der Waals surface area contributed by atoms with Crippen LogP contribution in [0.5, 0.6) is 0 Å². The molecule has 2 aromatic rings. The van der Waals surface area contributed by atoms with Gasteiger partial charge in [0.25, 0.3) is 0 Å². The monoisotopic (exact) mass is 435 g/mol. The lowest BCUT2D eigenvalue weighted by molar-refractivity contribution is -0.457. The summed E-state index contributed by atoms with van der Waals surface area (Å²) in [7, 11) is 0. The molecule has 0 aliphatic heterocycles. The van der Waals surface area contributed by atoms with Crippen molar-refractivity contribution in [2.45, 2.75) is 18.4 Å². The Labute approximate surface area is 162 Å². The minimum absolute atomic E-state index is 0.00563. The van der Waals surface area contributed by atoms with Crippen molar-refractivity contribution in [2.75, 3.05) is 5.32 Å². The van der Waals surface area contributed by atoms with Crippen molar-refractivity contribution in [1.29, 1.82) is 0 Å². The molecule has 0 spiro atoms. The molecule has 0 saturated heterocycles. The van der Waals surface area contributed by atoms with Crippen LogP contribution < -0.4 is 5.32 Å².